The van der Waals surface area contributed by atoms with Gasteiger partial charge in [0.25, 0.3) is 0 Å². The molecule has 1 heterocycles. The second-order valence-corrected chi connectivity index (χ2v) is 5.00. The predicted molar refractivity (Wildman–Crippen MR) is 75.4 cm³/mol. The van der Waals surface area contributed by atoms with E-state index in [9.17, 15) is 4.39 Å². The highest BCUT2D eigenvalue weighted by molar-refractivity contribution is 6.31. The van der Waals surface area contributed by atoms with Crippen molar-refractivity contribution < 1.29 is 4.39 Å². The summed E-state index contributed by atoms with van der Waals surface area (Å²) in [6.45, 7) is 3.87. The van der Waals surface area contributed by atoms with Gasteiger partial charge in [-0.3, -0.25) is 0 Å². The summed E-state index contributed by atoms with van der Waals surface area (Å²) in [6, 6.07) is 4.59. The highest BCUT2D eigenvalue weighted by atomic mass is 35.5. The maximum Gasteiger partial charge on any atom is 0.135 e. The highest BCUT2D eigenvalue weighted by Gasteiger charge is 2.13. The van der Waals surface area contributed by atoms with E-state index in [0.717, 1.165) is 17.7 Å². The van der Waals surface area contributed by atoms with Crippen LogP contribution in [0.3, 0.4) is 0 Å². The molecular formula is C14H13Cl2FN2. The average Bonchev–Trinajstić information content (AvgIpc) is 2.38. The zero-order valence-corrected chi connectivity index (χ0v) is 12.2. The minimum absolute atomic E-state index is 0.235. The van der Waals surface area contributed by atoms with Crippen LogP contribution in [0.1, 0.15) is 29.6 Å². The van der Waals surface area contributed by atoms with E-state index in [4.69, 9.17) is 23.2 Å². The Balaban J connectivity index is 2.41. The third kappa shape index (κ3) is 3.04. The number of aryl methyl sites for hydroxylation is 1. The summed E-state index contributed by atoms with van der Waals surface area (Å²) >= 11 is 12.1. The van der Waals surface area contributed by atoms with Gasteiger partial charge >= 0.3 is 0 Å². The number of nitrogens with zero attached hydrogens (tertiary/aromatic N) is 2. The lowest BCUT2D eigenvalue weighted by molar-refractivity contribution is 0.612. The molecule has 5 heteroatoms. The molecule has 0 aliphatic carbocycles. The number of hydrogen-bond donors (Lipinski definition) is 0. The molecule has 0 aliphatic rings. The molecular weight excluding hydrogens is 286 g/mol. The van der Waals surface area contributed by atoms with E-state index in [1.165, 1.54) is 6.07 Å². The van der Waals surface area contributed by atoms with Gasteiger partial charge in [-0.2, -0.15) is 0 Å². The number of aromatic nitrogens is 2. The second kappa shape index (κ2) is 5.85. The summed E-state index contributed by atoms with van der Waals surface area (Å²) in [5.41, 5.74) is 2.14. The molecule has 0 spiro atoms. The lowest BCUT2D eigenvalue weighted by Crippen LogP contribution is -2.05. The SMILES string of the molecule is CCc1nc(Cc2c(F)cccc2Cl)nc(Cl)c1C. The van der Waals surface area contributed by atoms with Crippen molar-refractivity contribution in [2.45, 2.75) is 26.7 Å². The van der Waals surface area contributed by atoms with Crippen molar-refractivity contribution >= 4 is 23.2 Å². The van der Waals surface area contributed by atoms with Crippen LogP contribution < -0.4 is 0 Å². The molecule has 2 aromatic rings. The Morgan fingerprint density at radius 1 is 1.21 bits per heavy atom. The fourth-order valence-corrected chi connectivity index (χ4v) is 2.30. The fourth-order valence-electron chi connectivity index (χ4n) is 1.86. The lowest BCUT2D eigenvalue weighted by atomic mass is 10.1. The normalized spacial score (nSPS) is 10.8. The molecule has 2 rings (SSSR count). The number of hydrogen-bond acceptors (Lipinski definition) is 2. The van der Waals surface area contributed by atoms with Crippen LogP contribution in [0, 0.1) is 12.7 Å². The smallest absolute Gasteiger partial charge is 0.135 e. The van der Waals surface area contributed by atoms with Gasteiger partial charge in [0, 0.05) is 28.3 Å². The minimum Gasteiger partial charge on any atom is -0.237 e. The van der Waals surface area contributed by atoms with Crippen LogP contribution in [0.15, 0.2) is 18.2 Å². The van der Waals surface area contributed by atoms with E-state index in [1.54, 1.807) is 12.1 Å². The van der Waals surface area contributed by atoms with Crippen molar-refractivity contribution in [2.75, 3.05) is 0 Å². The molecule has 1 aromatic heterocycles. The molecule has 100 valence electrons. The first-order chi connectivity index (χ1) is 9.02. The number of rotatable bonds is 3. The Hall–Kier alpha value is -1.19. The van der Waals surface area contributed by atoms with Crippen LogP contribution in [0.2, 0.25) is 10.2 Å². The van der Waals surface area contributed by atoms with Gasteiger partial charge in [-0.25, -0.2) is 14.4 Å². The maximum atomic E-state index is 13.7. The van der Waals surface area contributed by atoms with E-state index in [1.807, 2.05) is 13.8 Å². The summed E-state index contributed by atoms with van der Waals surface area (Å²) in [4.78, 5) is 8.60. The molecule has 0 atom stereocenters. The summed E-state index contributed by atoms with van der Waals surface area (Å²) in [6.07, 6.45) is 0.991. The van der Waals surface area contributed by atoms with Crippen LogP contribution in [-0.2, 0) is 12.8 Å². The van der Waals surface area contributed by atoms with E-state index in [-0.39, 0.29) is 12.2 Å². The quantitative estimate of drug-likeness (QED) is 0.786. The summed E-state index contributed by atoms with van der Waals surface area (Å²) in [5.74, 6) is 0.130. The monoisotopic (exact) mass is 298 g/mol. The van der Waals surface area contributed by atoms with Crippen LogP contribution >= 0.6 is 23.2 Å². The van der Waals surface area contributed by atoms with Gasteiger partial charge < -0.3 is 0 Å². The van der Waals surface area contributed by atoms with Crippen LogP contribution in [0.25, 0.3) is 0 Å². The molecule has 0 saturated carbocycles. The topological polar surface area (TPSA) is 25.8 Å². The summed E-state index contributed by atoms with van der Waals surface area (Å²) in [5, 5.41) is 0.785. The van der Waals surface area contributed by atoms with Crippen LogP contribution in [-0.4, -0.2) is 9.97 Å². The molecule has 0 bridgehead atoms. The van der Waals surface area contributed by atoms with Gasteiger partial charge in [0.2, 0.25) is 0 Å². The Kier molecular flexibility index (Phi) is 4.38. The van der Waals surface area contributed by atoms with Gasteiger partial charge in [-0.15, -0.1) is 0 Å². The molecule has 0 N–H and O–H groups in total. The molecule has 0 amide bonds. The van der Waals surface area contributed by atoms with E-state index in [2.05, 4.69) is 9.97 Å². The molecule has 2 nitrogen and oxygen atoms in total. The van der Waals surface area contributed by atoms with Crippen molar-refractivity contribution in [3.05, 3.63) is 56.8 Å². The summed E-state index contributed by atoms with van der Waals surface area (Å²) < 4.78 is 13.7. The van der Waals surface area contributed by atoms with Crippen molar-refractivity contribution in [2.24, 2.45) is 0 Å². The molecule has 0 aliphatic heterocycles. The summed E-state index contributed by atoms with van der Waals surface area (Å²) in [7, 11) is 0. The largest absolute Gasteiger partial charge is 0.237 e. The second-order valence-electron chi connectivity index (χ2n) is 4.23. The van der Waals surface area contributed by atoms with E-state index >= 15 is 0 Å². The average molecular weight is 299 g/mol. The van der Waals surface area contributed by atoms with Crippen molar-refractivity contribution in [3.8, 4) is 0 Å². The zero-order chi connectivity index (χ0) is 14.0. The van der Waals surface area contributed by atoms with Gasteiger partial charge in [-0.1, -0.05) is 36.2 Å². The minimum atomic E-state index is -0.356. The molecule has 0 unspecified atom stereocenters. The first-order valence-electron chi connectivity index (χ1n) is 5.97. The third-order valence-corrected chi connectivity index (χ3v) is 3.69. The van der Waals surface area contributed by atoms with Crippen molar-refractivity contribution in [1.29, 1.82) is 0 Å². The highest BCUT2D eigenvalue weighted by Crippen LogP contribution is 2.23. The first kappa shape index (κ1) is 14.2. The first-order valence-corrected chi connectivity index (χ1v) is 6.73. The van der Waals surface area contributed by atoms with E-state index < -0.39 is 0 Å². The van der Waals surface area contributed by atoms with Gasteiger partial charge in [0.05, 0.1) is 0 Å². The standard InChI is InChI=1S/C14H13Cl2FN2/c1-3-12-8(2)14(16)19-13(18-12)7-9-10(15)5-4-6-11(9)17/h4-6H,3,7H2,1-2H3. The van der Waals surface area contributed by atoms with Crippen LogP contribution in [0.5, 0.6) is 0 Å². The predicted octanol–water partition coefficient (Wildman–Crippen LogP) is 4.38. The van der Waals surface area contributed by atoms with Gasteiger partial charge in [0.1, 0.15) is 16.8 Å². The third-order valence-electron chi connectivity index (χ3n) is 2.97. The van der Waals surface area contributed by atoms with Crippen molar-refractivity contribution in [3.63, 3.8) is 0 Å². The van der Waals surface area contributed by atoms with Crippen LogP contribution in [0.4, 0.5) is 4.39 Å². The molecule has 0 radical (unpaired) electrons. The van der Waals surface area contributed by atoms with Crippen molar-refractivity contribution in [1.82, 2.24) is 9.97 Å². The Bertz CT molecular complexity index is 594. The Morgan fingerprint density at radius 2 is 1.95 bits per heavy atom. The number of halogens is 3. The van der Waals surface area contributed by atoms with E-state index in [0.29, 0.717) is 21.6 Å². The Labute approximate surface area is 121 Å². The fraction of sp³-hybridized carbons (Fsp3) is 0.286. The molecule has 0 saturated heterocycles. The van der Waals surface area contributed by atoms with Gasteiger partial charge in [-0.05, 0) is 25.5 Å². The number of benzene rings is 1. The lowest BCUT2D eigenvalue weighted by Gasteiger charge is -2.09. The van der Waals surface area contributed by atoms with Gasteiger partial charge in [0.15, 0.2) is 0 Å². The molecule has 0 fully saturated rings. The Morgan fingerprint density at radius 3 is 2.58 bits per heavy atom. The molecule has 1 aromatic carbocycles. The molecule has 19 heavy (non-hydrogen) atoms. The zero-order valence-electron chi connectivity index (χ0n) is 10.7. The maximum absolute atomic E-state index is 13.7.